The van der Waals surface area contributed by atoms with Gasteiger partial charge < -0.3 is 14.2 Å². The Morgan fingerprint density at radius 3 is 2.53 bits per heavy atom. The molecule has 0 aliphatic rings. The topological polar surface area (TPSA) is 27.7 Å². The van der Waals surface area contributed by atoms with E-state index in [-0.39, 0.29) is 0 Å². The molecule has 19 heavy (non-hydrogen) atoms. The Balaban J connectivity index is 2.36. The predicted molar refractivity (Wildman–Crippen MR) is 78.8 cm³/mol. The molecule has 6 heteroatoms. The summed E-state index contributed by atoms with van der Waals surface area (Å²) >= 11 is 17.8. The molecule has 0 amide bonds. The third-order valence-corrected chi connectivity index (χ3v) is 3.13. The van der Waals surface area contributed by atoms with E-state index in [1.165, 1.54) is 0 Å². The molecule has 3 nitrogen and oxygen atoms in total. The molecular formula is C13H17Cl3O3. The van der Waals surface area contributed by atoms with Crippen LogP contribution in [0.1, 0.15) is 12.0 Å². The summed E-state index contributed by atoms with van der Waals surface area (Å²) in [6.07, 6.45) is 0.768. The summed E-state index contributed by atoms with van der Waals surface area (Å²) in [6, 6.07) is 3.40. The number of benzene rings is 1. The summed E-state index contributed by atoms with van der Waals surface area (Å²) in [7, 11) is 1.64. The summed E-state index contributed by atoms with van der Waals surface area (Å²) in [4.78, 5) is 0. The largest absolute Gasteiger partial charge is 0.492 e. The average Bonchev–Trinajstić information content (AvgIpc) is 2.39. The van der Waals surface area contributed by atoms with E-state index >= 15 is 0 Å². The zero-order valence-corrected chi connectivity index (χ0v) is 13.0. The highest BCUT2D eigenvalue weighted by atomic mass is 35.5. The van der Waals surface area contributed by atoms with Crippen LogP contribution in [0, 0.1) is 0 Å². The van der Waals surface area contributed by atoms with Crippen LogP contribution < -0.4 is 4.74 Å². The Morgan fingerprint density at radius 1 is 1.05 bits per heavy atom. The van der Waals surface area contributed by atoms with E-state index in [0.29, 0.717) is 48.1 Å². The maximum atomic E-state index is 6.08. The minimum absolute atomic E-state index is 0.306. The SMILES string of the molecule is COCCOCCCOc1c(Cl)cc(Cl)cc1CCl. The smallest absolute Gasteiger partial charge is 0.142 e. The number of hydrogen-bond donors (Lipinski definition) is 0. The first-order valence-corrected chi connectivity index (χ1v) is 7.21. The molecule has 1 rings (SSSR count). The molecule has 0 heterocycles. The Hall–Kier alpha value is -0.190. The maximum absolute atomic E-state index is 6.08. The van der Waals surface area contributed by atoms with Crippen molar-refractivity contribution in [2.75, 3.05) is 33.5 Å². The number of methoxy groups -OCH3 is 1. The van der Waals surface area contributed by atoms with Gasteiger partial charge in [-0.1, -0.05) is 23.2 Å². The number of ether oxygens (including phenoxy) is 3. The maximum Gasteiger partial charge on any atom is 0.142 e. The minimum Gasteiger partial charge on any atom is -0.492 e. The highest BCUT2D eigenvalue weighted by Gasteiger charge is 2.09. The zero-order valence-electron chi connectivity index (χ0n) is 10.8. The normalized spacial score (nSPS) is 10.7. The summed E-state index contributed by atoms with van der Waals surface area (Å²) in [5, 5.41) is 1.03. The van der Waals surface area contributed by atoms with E-state index in [1.54, 1.807) is 19.2 Å². The number of rotatable bonds is 9. The van der Waals surface area contributed by atoms with Crippen LogP contribution in [-0.4, -0.2) is 33.5 Å². The fourth-order valence-electron chi connectivity index (χ4n) is 1.45. The van der Waals surface area contributed by atoms with E-state index in [4.69, 9.17) is 49.0 Å². The Morgan fingerprint density at radius 2 is 1.84 bits per heavy atom. The highest BCUT2D eigenvalue weighted by molar-refractivity contribution is 6.35. The first-order chi connectivity index (χ1) is 9.19. The van der Waals surface area contributed by atoms with Gasteiger partial charge in [-0.05, 0) is 12.1 Å². The van der Waals surface area contributed by atoms with Crippen LogP contribution >= 0.6 is 34.8 Å². The second-order valence-electron chi connectivity index (χ2n) is 3.82. The molecule has 1 aromatic rings. The van der Waals surface area contributed by atoms with E-state index in [2.05, 4.69) is 0 Å². The van der Waals surface area contributed by atoms with Crippen molar-refractivity contribution in [3.63, 3.8) is 0 Å². The van der Waals surface area contributed by atoms with Gasteiger partial charge in [-0.3, -0.25) is 0 Å². The Kier molecular flexibility index (Phi) is 8.58. The minimum atomic E-state index is 0.306. The van der Waals surface area contributed by atoms with Gasteiger partial charge in [-0.2, -0.15) is 0 Å². The standard InChI is InChI=1S/C13H17Cl3O3/c1-17-5-6-18-3-2-4-19-13-10(9-14)7-11(15)8-12(13)16/h7-8H,2-6,9H2,1H3. The van der Waals surface area contributed by atoms with Crippen LogP contribution in [0.5, 0.6) is 5.75 Å². The van der Waals surface area contributed by atoms with Gasteiger partial charge in [0, 0.05) is 30.7 Å². The lowest BCUT2D eigenvalue weighted by Gasteiger charge is -2.12. The first kappa shape index (κ1) is 16.9. The Bertz CT molecular complexity index is 386. The molecule has 1 aromatic carbocycles. The van der Waals surface area contributed by atoms with Gasteiger partial charge >= 0.3 is 0 Å². The van der Waals surface area contributed by atoms with Gasteiger partial charge in [0.25, 0.3) is 0 Å². The van der Waals surface area contributed by atoms with Crippen LogP contribution in [-0.2, 0) is 15.4 Å². The van der Waals surface area contributed by atoms with Gasteiger partial charge in [0.2, 0.25) is 0 Å². The molecule has 0 aliphatic heterocycles. The summed E-state index contributed by atoms with van der Waals surface area (Å²) < 4.78 is 15.8. The molecule has 0 aliphatic carbocycles. The lowest BCUT2D eigenvalue weighted by atomic mass is 10.2. The molecule has 0 saturated heterocycles. The van der Waals surface area contributed by atoms with Crippen molar-refractivity contribution in [3.8, 4) is 5.75 Å². The molecule has 0 saturated carbocycles. The van der Waals surface area contributed by atoms with Gasteiger partial charge in [0.1, 0.15) is 5.75 Å². The quantitative estimate of drug-likeness (QED) is 0.503. The second kappa shape index (κ2) is 9.67. The lowest BCUT2D eigenvalue weighted by Crippen LogP contribution is -2.07. The fraction of sp³-hybridized carbons (Fsp3) is 0.538. The third-order valence-electron chi connectivity index (χ3n) is 2.34. The van der Waals surface area contributed by atoms with Gasteiger partial charge in [0.05, 0.1) is 30.7 Å². The van der Waals surface area contributed by atoms with Crippen molar-refractivity contribution in [2.24, 2.45) is 0 Å². The van der Waals surface area contributed by atoms with Gasteiger partial charge in [-0.15, -0.1) is 11.6 Å². The van der Waals surface area contributed by atoms with Crippen molar-refractivity contribution in [2.45, 2.75) is 12.3 Å². The third kappa shape index (κ3) is 6.19. The second-order valence-corrected chi connectivity index (χ2v) is 4.93. The lowest BCUT2D eigenvalue weighted by molar-refractivity contribution is 0.0644. The molecule has 0 N–H and O–H groups in total. The summed E-state index contributed by atoms with van der Waals surface area (Å²) in [5.41, 5.74) is 0.791. The van der Waals surface area contributed by atoms with Crippen LogP contribution in [0.3, 0.4) is 0 Å². The number of halogens is 3. The van der Waals surface area contributed by atoms with Crippen LogP contribution in [0.2, 0.25) is 10.0 Å². The van der Waals surface area contributed by atoms with Crippen molar-refractivity contribution < 1.29 is 14.2 Å². The predicted octanol–water partition coefficient (Wildman–Crippen LogP) is 4.16. The van der Waals surface area contributed by atoms with Crippen LogP contribution in [0.25, 0.3) is 0 Å². The zero-order chi connectivity index (χ0) is 14.1. The van der Waals surface area contributed by atoms with E-state index in [1.807, 2.05) is 0 Å². The van der Waals surface area contributed by atoms with Crippen molar-refractivity contribution in [1.82, 2.24) is 0 Å². The summed E-state index contributed by atoms with van der Waals surface area (Å²) in [5.74, 6) is 0.901. The Labute approximate surface area is 128 Å². The molecule has 0 atom stereocenters. The monoisotopic (exact) mass is 326 g/mol. The molecule has 108 valence electrons. The van der Waals surface area contributed by atoms with Gasteiger partial charge in [0.15, 0.2) is 0 Å². The first-order valence-electron chi connectivity index (χ1n) is 5.92. The highest BCUT2D eigenvalue weighted by Crippen LogP contribution is 2.33. The molecule has 0 spiro atoms. The van der Waals surface area contributed by atoms with E-state index < -0.39 is 0 Å². The number of hydrogen-bond acceptors (Lipinski definition) is 3. The molecule has 0 unspecified atom stereocenters. The van der Waals surface area contributed by atoms with E-state index in [9.17, 15) is 0 Å². The van der Waals surface area contributed by atoms with Gasteiger partial charge in [-0.25, -0.2) is 0 Å². The van der Waals surface area contributed by atoms with Crippen molar-refractivity contribution in [1.29, 1.82) is 0 Å². The molecule has 0 aromatic heterocycles. The molecule has 0 bridgehead atoms. The molecule has 0 radical (unpaired) electrons. The van der Waals surface area contributed by atoms with Crippen LogP contribution in [0.15, 0.2) is 12.1 Å². The molecular weight excluding hydrogens is 310 g/mol. The molecule has 0 fully saturated rings. The van der Waals surface area contributed by atoms with E-state index in [0.717, 1.165) is 12.0 Å². The average molecular weight is 328 g/mol. The fourth-order valence-corrected chi connectivity index (χ4v) is 2.24. The van der Waals surface area contributed by atoms with Crippen molar-refractivity contribution in [3.05, 3.63) is 27.7 Å². The summed E-state index contributed by atoms with van der Waals surface area (Å²) in [6.45, 7) is 2.31. The van der Waals surface area contributed by atoms with Crippen molar-refractivity contribution >= 4 is 34.8 Å². The van der Waals surface area contributed by atoms with Crippen LogP contribution in [0.4, 0.5) is 0 Å². The number of alkyl halides is 1.